The van der Waals surface area contributed by atoms with Crippen molar-refractivity contribution in [2.24, 2.45) is 0 Å². The number of nitrogens with zero attached hydrogens (tertiary/aromatic N) is 2. The summed E-state index contributed by atoms with van der Waals surface area (Å²) in [5.74, 6) is -0.450. The van der Waals surface area contributed by atoms with Crippen LogP contribution in [0.5, 0.6) is 5.75 Å². The zero-order valence-electron chi connectivity index (χ0n) is 11.1. The van der Waals surface area contributed by atoms with E-state index in [1.54, 1.807) is 6.92 Å². The minimum atomic E-state index is -0.480. The maximum atomic E-state index is 13.3. The molecule has 0 radical (unpaired) electrons. The number of carbonyl (C=O) groups excluding carboxylic acids is 1. The van der Waals surface area contributed by atoms with Crippen molar-refractivity contribution in [1.29, 1.82) is 0 Å². The molecule has 0 spiro atoms. The Bertz CT molecular complexity index is 612. The van der Waals surface area contributed by atoms with Crippen molar-refractivity contribution in [3.8, 4) is 17.1 Å². The first-order valence-corrected chi connectivity index (χ1v) is 5.96. The molecule has 106 valence electrons. The van der Waals surface area contributed by atoms with Crippen molar-refractivity contribution in [2.75, 3.05) is 13.7 Å². The summed E-state index contributed by atoms with van der Waals surface area (Å²) >= 11 is 0. The molecule has 2 rings (SSSR count). The second-order valence-electron chi connectivity index (χ2n) is 3.84. The molecule has 20 heavy (non-hydrogen) atoms. The fourth-order valence-electron chi connectivity index (χ4n) is 1.58. The fourth-order valence-corrected chi connectivity index (χ4v) is 1.58. The van der Waals surface area contributed by atoms with E-state index in [1.165, 1.54) is 25.3 Å². The van der Waals surface area contributed by atoms with Gasteiger partial charge in [0.05, 0.1) is 13.7 Å². The van der Waals surface area contributed by atoms with Gasteiger partial charge in [0.2, 0.25) is 11.7 Å². The molecule has 0 aliphatic carbocycles. The van der Waals surface area contributed by atoms with E-state index in [1.807, 2.05) is 0 Å². The van der Waals surface area contributed by atoms with Gasteiger partial charge in [0.15, 0.2) is 11.6 Å². The van der Waals surface area contributed by atoms with Crippen LogP contribution >= 0.6 is 0 Å². The van der Waals surface area contributed by atoms with Crippen LogP contribution in [0, 0.1) is 5.82 Å². The average molecular weight is 280 g/mol. The Morgan fingerprint density at radius 1 is 1.45 bits per heavy atom. The third kappa shape index (κ3) is 3.11. The summed E-state index contributed by atoms with van der Waals surface area (Å²) in [5.41, 5.74) is 0.530. The summed E-state index contributed by atoms with van der Waals surface area (Å²) in [6.45, 7) is 2.00. The second-order valence-corrected chi connectivity index (χ2v) is 3.84. The predicted octanol–water partition coefficient (Wildman–Crippen LogP) is 1.99. The molecule has 1 heterocycles. The number of halogens is 1. The lowest BCUT2D eigenvalue weighted by atomic mass is 10.2. The van der Waals surface area contributed by atoms with Gasteiger partial charge in [-0.05, 0) is 25.1 Å². The molecule has 2 aromatic rings. The number of rotatable bonds is 5. The van der Waals surface area contributed by atoms with Crippen LogP contribution < -0.4 is 4.74 Å². The standard InChI is InChI=1S/C13H13FN2O4/c1-3-19-12(17)7-11-15-13(16-20-11)8-4-5-9(14)10(6-8)18-2/h4-6H,3,7H2,1-2H3. The number of aromatic nitrogens is 2. The molecule has 0 bridgehead atoms. The van der Waals surface area contributed by atoms with Crippen LogP contribution in [0.15, 0.2) is 22.7 Å². The first kappa shape index (κ1) is 14.0. The number of carbonyl (C=O) groups is 1. The zero-order chi connectivity index (χ0) is 14.5. The zero-order valence-corrected chi connectivity index (χ0v) is 11.1. The molecule has 0 amide bonds. The average Bonchev–Trinajstić information content (AvgIpc) is 2.88. The Kier molecular flexibility index (Phi) is 4.29. The molecule has 0 saturated heterocycles. The van der Waals surface area contributed by atoms with Crippen LogP contribution in [0.25, 0.3) is 11.4 Å². The number of esters is 1. The van der Waals surface area contributed by atoms with Crippen LogP contribution in [-0.2, 0) is 16.0 Å². The summed E-state index contributed by atoms with van der Waals surface area (Å²) < 4.78 is 27.9. The molecular formula is C13H13FN2O4. The molecular weight excluding hydrogens is 267 g/mol. The van der Waals surface area contributed by atoms with Crippen LogP contribution in [-0.4, -0.2) is 29.8 Å². The van der Waals surface area contributed by atoms with E-state index in [0.717, 1.165) is 0 Å². The first-order chi connectivity index (χ1) is 9.63. The highest BCUT2D eigenvalue weighted by molar-refractivity contribution is 5.71. The lowest BCUT2D eigenvalue weighted by Gasteiger charge is -2.02. The lowest BCUT2D eigenvalue weighted by molar-refractivity contribution is -0.142. The Hall–Kier alpha value is -2.44. The second kappa shape index (κ2) is 6.14. The minimum Gasteiger partial charge on any atom is -0.494 e. The predicted molar refractivity (Wildman–Crippen MR) is 66.6 cm³/mol. The summed E-state index contributed by atoms with van der Waals surface area (Å²) in [6, 6.07) is 4.20. The number of hydrogen-bond donors (Lipinski definition) is 0. The molecule has 0 unspecified atom stereocenters. The van der Waals surface area contributed by atoms with Gasteiger partial charge in [-0.25, -0.2) is 4.39 Å². The van der Waals surface area contributed by atoms with E-state index in [2.05, 4.69) is 10.1 Å². The number of benzene rings is 1. The monoisotopic (exact) mass is 280 g/mol. The highest BCUT2D eigenvalue weighted by atomic mass is 19.1. The molecule has 1 aromatic heterocycles. The van der Waals surface area contributed by atoms with Crippen LogP contribution in [0.1, 0.15) is 12.8 Å². The summed E-state index contributed by atoms with van der Waals surface area (Å²) in [4.78, 5) is 15.3. The molecule has 0 saturated carbocycles. The molecule has 0 aliphatic rings. The molecule has 7 heteroatoms. The third-order valence-corrected chi connectivity index (χ3v) is 2.48. The third-order valence-electron chi connectivity index (χ3n) is 2.48. The van der Waals surface area contributed by atoms with Crippen molar-refractivity contribution >= 4 is 5.97 Å². The molecule has 1 aromatic carbocycles. The van der Waals surface area contributed by atoms with Gasteiger partial charge in [0.25, 0.3) is 0 Å². The quantitative estimate of drug-likeness (QED) is 0.780. The smallest absolute Gasteiger partial charge is 0.315 e. The maximum absolute atomic E-state index is 13.3. The number of ether oxygens (including phenoxy) is 2. The molecule has 0 atom stereocenters. The van der Waals surface area contributed by atoms with E-state index < -0.39 is 11.8 Å². The summed E-state index contributed by atoms with van der Waals surface area (Å²) in [6.07, 6.45) is -0.0980. The van der Waals surface area contributed by atoms with E-state index in [4.69, 9.17) is 14.0 Å². The van der Waals surface area contributed by atoms with Crippen molar-refractivity contribution in [3.63, 3.8) is 0 Å². The van der Waals surface area contributed by atoms with Crippen LogP contribution in [0.4, 0.5) is 4.39 Å². The first-order valence-electron chi connectivity index (χ1n) is 5.96. The summed E-state index contributed by atoms with van der Waals surface area (Å²) in [7, 11) is 1.37. The lowest BCUT2D eigenvalue weighted by Crippen LogP contribution is -2.07. The Morgan fingerprint density at radius 3 is 2.95 bits per heavy atom. The highest BCUT2D eigenvalue weighted by Gasteiger charge is 2.14. The van der Waals surface area contributed by atoms with Crippen molar-refractivity contribution in [2.45, 2.75) is 13.3 Å². The Balaban J connectivity index is 2.18. The Morgan fingerprint density at radius 2 is 2.25 bits per heavy atom. The highest BCUT2D eigenvalue weighted by Crippen LogP contribution is 2.24. The van der Waals surface area contributed by atoms with Crippen molar-refractivity contribution < 1.29 is 23.2 Å². The number of methoxy groups -OCH3 is 1. The molecule has 0 fully saturated rings. The van der Waals surface area contributed by atoms with E-state index in [-0.39, 0.29) is 30.5 Å². The van der Waals surface area contributed by atoms with Gasteiger partial charge in [0.1, 0.15) is 6.42 Å². The molecule has 6 nitrogen and oxygen atoms in total. The van der Waals surface area contributed by atoms with Crippen molar-refractivity contribution in [1.82, 2.24) is 10.1 Å². The van der Waals surface area contributed by atoms with E-state index >= 15 is 0 Å². The van der Waals surface area contributed by atoms with Gasteiger partial charge in [-0.1, -0.05) is 5.16 Å². The minimum absolute atomic E-state index is 0.0826. The van der Waals surface area contributed by atoms with Crippen LogP contribution in [0.3, 0.4) is 0 Å². The Labute approximate surface area is 114 Å². The van der Waals surface area contributed by atoms with Gasteiger partial charge >= 0.3 is 5.97 Å². The van der Waals surface area contributed by atoms with Gasteiger partial charge < -0.3 is 14.0 Å². The molecule has 0 N–H and O–H groups in total. The normalized spacial score (nSPS) is 10.3. The van der Waals surface area contributed by atoms with Gasteiger partial charge in [-0.15, -0.1) is 0 Å². The fraction of sp³-hybridized carbons (Fsp3) is 0.308. The number of hydrogen-bond acceptors (Lipinski definition) is 6. The van der Waals surface area contributed by atoms with E-state index in [0.29, 0.717) is 5.56 Å². The summed E-state index contributed by atoms with van der Waals surface area (Å²) in [5, 5.41) is 3.73. The molecule has 0 aliphatic heterocycles. The van der Waals surface area contributed by atoms with Crippen molar-refractivity contribution in [3.05, 3.63) is 29.9 Å². The topological polar surface area (TPSA) is 74.5 Å². The largest absolute Gasteiger partial charge is 0.494 e. The van der Waals surface area contributed by atoms with Gasteiger partial charge in [0, 0.05) is 5.56 Å². The SMILES string of the molecule is CCOC(=O)Cc1nc(-c2ccc(F)c(OC)c2)no1. The van der Waals surface area contributed by atoms with Gasteiger partial charge in [-0.2, -0.15) is 4.98 Å². The van der Waals surface area contributed by atoms with Crippen LogP contribution in [0.2, 0.25) is 0 Å². The van der Waals surface area contributed by atoms with Gasteiger partial charge in [-0.3, -0.25) is 4.79 Å². The van der Waals surface area contributed by atoms with E-state index in [9.17, 15) is 9.18 Å². The maximum Gasteiger partial charge on any atom is 0.315 e.